The van der Waals surface area contributed by atoms with Crippen molar-refractivity contribution in [1.82, 2.24) is 19.9 Å². The number of carbonyl (C=O) groups is 1. The van der Waals surface area contributed by atoms with Gasteiger partial charge in [-0.15, -0.1) is 0 Å². The highest BCUT2D eigenvalue weighted by molar-refractivity contribution is 6.00. The van der Waals surface area contributed by atoms with Crippen molar-refractivity contribution in [2.45, 2.75) is 31.2 Å². The van der Waals surface area contributed by atoms with Crippen molar-refractivity contribution in [3.8, 4) is 17.3 Å². The van der Waals surface area contributed by atoms with Gasteiger partial charge in [-0.2, -0.15) is 13.2 Å². The van der Waals surface area contributed by atoms with E-state index in [0.29, 0.717) is 19.4 Å². The van der Waals surface area contributed by atoms with Crippen LogP contribution in [-0.2, 0) is 6.18 Å². The molecule has 1 aliphatic carbocycles. The van der Waals surface area contributed by atoms with Crippen LogP contribution in [0.3, 0.4) is 0 Å². The molecule has 5 rings (SSSR count). The van der Waals surface area contributed by atoms with E-state index in [4.69, 9.17) is 4.74 Å². The van der Waals surface area contributed by atoms with E-state index in [2.05, 4.69) is 15.0 Å². The molecule has 1 saturated carbocycles. The molecule has 33 heavy (non-hydrogen) atoms. The average Bonchev–Trinajstić information content (AvgIpc) is 3.39. The number of piperidine rings is 1. The Hall–Kier alpha value is -3.56. The number of amides is 1. The molecule has 2 aliphatic rings. The maximum Gasteiger partial charge on any atom is 0.417 e. The minimum absolute atomic E-state index is 0.0350. The Kier molecular flexibility index (Phi) is 5.22. The number of halogens is 4. The topological polar surface area (TPSA) is 68.2 Å². The molecule has 3 atom stereocenters. The van der Waals surface area contributed by atoms with E-state index in [0.717, 1.165) is 12.3 Å². The highest BCUT2D eigenvalue weighted by Crippen LogP contribution is 2.41. The van der Waals surface area contributed by atoms with Crippen molar-refractivity contribution in [3.63, 3.8) is 0 Å². The molecule has 1 aromatic carbocycles. The van der Waals surface area contributed by atoms with Crippen molar-refractivity contribution in [1.29, 1.82) is 0 Å². The number of nitrogens with zero attached hydrogens (tertiary/aromatic N) is 4. The van der Waals surface area contributed by atoms with Crippen LogP contribution in [-0.4, -0.2) is 44.4 Å². The normalized spacial score (nSPS) is 21.9. The van der Waals surface area contributed by atoms with Crippen LogP contribution in [0.15, 0.2) is 55.0 Å². The maximum atomic E-state index is 14.7. The zero-order valence-electron chi connectivity index (χ0n) is 17.2. The molecular weight excluding hydrogens is 440 g/mol. The van der Waals surface area contributed by atoms with Gasteiger partial charge in [-0.25, -0.2) is 19.3 Å². The molecule has 1 aliphatic heterocycles. The van der Waals surface area contributed by atoms with Crippen LogP contribution in [0, 0.1) is 11.7 Å². The Balaban J connectivity index is 1.38. The van der Waals surface area contributed by atoms with Gasteiger partial charge in [0, 0.05) is 31.2 Å². The molecule has 0 radical (unpaired) electrons. The number of aromatic nitrogens is 3. The molecule has 0 N–H and O–H groups in total. The minimum Gasteiger partial charge on any atom is -0.472 e. The summed E-state index contributed by atoms with van der Waals surface area (Å²) < 4.78 is 58.9. The number of carbonyl (C=O) groups excluding carboxylic acids is 1. The van der Waals surface area contributed by atoms with E-state index in [1.54, 1.807) is 11.0 Å². The molecule has 1 saturated heterocycles. The van der Waals surface area contributed by atoms with Gasteiger partial charge in [0.05, 0.1) is 22.7 Å². The Morgan fingerprint density at radius 2 is 1.82 bits per heavy atom. The Labute approximate surface area is 186 Å². The van der Waals surface area contributed by atoms with E-state index in [9.17, 15) is 22.4 Å². The zero-order chi connectivity index (χ0) is 23.2. The molecule has 3 heterocycles. The summed E-state index contributed by atoms with van der Waals surface area (Å²) in [6.07, 6.45) is 0.139. The van der Waals surface area contributed by atoms with Crippen LogP contribution < -0.4 is 4.74 Å². The second-order valence-electron chi connectivity index (χ2n) is 8.14. The molecule has 1 amide bonds. The van der Waals surface area contributed by atoms with Crippen LogP contribution in [0.4, 0.5) is 17.6 Å². The monoisotopic (exact) mass is 458 g/mol. The van der Waals surface area contributed by atoms with Crippen molar-refractivity contribution in [3.05, 3.63) is 71.9 Å². The number of rotatable bonds is 4. The average molecular weight is 458 g/mol. The lowest BCUT2D eigenvalue weighted by molar-refractivity contribution is -0.137. The minimum atomic E-state index is -4.48. The smallest absolute Gasteiger partial charge is 0.417 e. The predicted molar refractivity (Wildman–Crippen MR) is 109 cm³/mol. The summed E-state index contributed by atoms with van der Waals surface area (Å²) in [5.41, 5.74) is -0.672. The molecular formula is C23H18F4N4O2. The van der Waals surface area contributed by atoms with Gasteiger partial charge in [0.15, 0.2) is 5.82 Å². The second-order valence-corrected chi connectivity index (χ2v) is 8.14. The summed E-state index contributed by atoms with van der Waals surface area (Å²) in [4.78, 5) is 27.0. The first-order chi connectivity index (χ1) is 15.8. The Morgan fingerprint density at radius 1 is 1.03 bits per heavy atom. The van der Waals surface area contributed by atoms with Crippen molar-refractivity contribution < 1.29 is 27.1 Å². The van der Waals surface area contributed by atoms with Gasteiger partial charge in [0.25, 0.3) is 5.91 Å². The Bertz CT molecular complexity index is 1170. The van der Waals surface area contributed by atoms with E-state index in [-0.39, 0.29) is 40.7 Å². The number of benzene rings is 1. The second kappa shape index (κ2) is 8.09. The summed E-state index contributed by atoms with van der Waals surface area (Å²) >= 11 is 0. The van der Waals surface area contributed by atoms with Crippen LogP contribution in [0.25, 0.3) is 11.4 Å². The molecule has 3 aromatic rings. The number of ether oxygens (including phenoxy) is 1. The van der Waals surface area contributed by atoms with E-state index in [1.165, 1.54) is 36.7 Å². The number of likely N-dealkylation sites (tertiary alicyclic amines) is 1. The third-order valence-electron chi connectivity index (χ3n) is 6.05. The number of fused-ring (bicyclic) bond motifs is 2. The van der Waals surface area contributed by atoms with E-state index >= 15 is 0 Å². The summed E-state index contributed by atoms with van der Waals surface area (Å²) in [6, 6.07) is 7.65. The first-order valence-electron chi connectivity index (χ1n) is 10.4. The van der Waals surface area contributed by atoms with Crippen LogP contribution in [0.5, 0.6) is 5.88 Å². The van der Waals surface area contributed by atoms with E-state index < -0.39 is 23.7 Å². The fourth-order valence-electron chi connectivity index (χ4n) is 4.61. The van der Waals surface area contributed by atoms with Gasteiger partial charge in [-0.1, -0.05) is 6.07 Å². The summed E-state index contributed by atoms with van der Waals surface area (Å²) in [7, 11) is 0. The van der Waals surface area contributed by atoms with Gasteiger partial charge >= 0.3 is 6.18 Å². The fourth-order valence-corrected chi connectivity index (χ4v) is 4.61. The number of pyridine rings is 1. The molecule has 2 unspecified atom stereocenters. The third kappa shape index (κ3) is 4.01. The maximum absolute atomic E-state index is 14.7. The Morgan fingerprint density at radius 3 is 2.48 bits per heavy atom. The van der Waals surface area contributed by atoms with Crippen molar-refractivity contribution in [2.24, 2.45) is 5.92 Å². The third-order valence-corrected chi connectivity index (χ3v) is 6.05. The lowest BCUT2D eigenvalue weighted by atomic mass is 10.0. The molecule has 2 bridgehead atoms. The summed E-state index contributed by atoms with van der Waals surface area (Å²) in [5, 5.41) is 0. The number of hydrogen-bond donors (Lipinski definition) is 0. The quantitative estimate of drug-likeness (QED) is 0.543. The van der Waals surface area contributed by atoms with Crippen molar-refractivity contribution >= 4 is 5.91 Å². The number of hydrogen-bond acceptors (Lipinski definition) is 5. The summed E-state index contributed by atoms with van der Waals surface area (Å²) in [5.74, 6) is -0.596. The molecule has 170 valence electrons. The van der Waals surface area contributed by atoms with Gasteiger partial charge in [0.2, 0.25) is 5.88 Å². The van der Waals surface area contributed by atoms with E-state index in [1.807, 2.05) is 0 Å². The standard InChI is InChI=1S/C23H18F4N4O2/c24-16-4-1-3-15(20(16)21-28-7-2-8-29-21)22(32)31-12-13-9-17(31)18(10-13)33-19-6-5-14(11-30-19)23(25,26)27/h1-8,11,13,17-18H,9-10,12H2/t13?,17-,18?/m1/s1. The highest BCUT2D eigenvalue weighted by Gasteiger charge is 2.49. The predicted octanol–water partition coefficient (Wildman–Crippen LogP) is 4.38. The largest absolute Gasteiger partial charge is 0.472 e. The molecule has 10 heteroatoms. The van der Waals surface area contributed by atoms with Crippen molar-refractivity contribution in [2.75, 3.05) is 6.54 Å². The lowest BCUT2D eigenvalue weighted by Gasteiger charge is -2.33. The van der Waals surface area contributed by atoms with Gasteiger partial charge in [-0.3, -0.25) is 4.79 Å². The lowest BCUT2D eigenvalue weighted by Crippen LogP contribution is -2.47. The zero-order valence-corrected chi connectivity index (χ0v) is 17.2. The fraction of sp³-hybridized carbons (Fsp3) is 0.304. The SMILES string of the molecule is O=C(c1cccc(F)c1-c1ncccn1)N1CC2CC(Oc3ccc(C(F)(F)F)cn3)[C@H]1C2. The first-order valence-corrected chi connectivity index (χ1v) is 10.4. The van der Waals surface area contributed by atoms with Crippen LogP contribution >= 0.6 is 0 Å². The first kappa shape index (κ1) is 21.3. The number of alkyl halides is 3. The molecule has 2 fully saturated rings. The molecule has 0 spiro atoms. The van der Waals surface area contributed by atoms with Crippen LogP contribution in [0.2, 0.25) is 0 Å². The summed E-state index contributed by atoms with van der Waals surface area (Å²) in [6.45, 7) is 0.495. The highest BCUT2D eigenvalue weighted by atomic mass is 19.4. The molecule has 2 aromatic heterocycles. The molecule has 6 nitrogen and oxygen atoms in total. The van der Waals surface area contributed by atoms with Gasteiger partial charge in [0.1, 0.15) is 11.9 Å². The van der Waals surface area contributed by atoms with Gasteiger partial charge < -0.3 is 9.64 Å². The van der Waals surface area contributed by atoms with Crippen LogP contribution in [0.1, 0.15) is 28.8 Å². The van der Waals surface area contributed by atoms with Gasteiger partial charge in [-0.05, 0) is 43.0 Å².